The van der Waals surface area contributed by atoms with E-state index in [0.717, 1.165) is 25.3 Å². The van der Waals surface area contributed by atoms with Crippen LogP contribution in [0.25, 0.3) is 45.1 Å². The molecule has 1 saturated carbocycles. The molecule has 0 amide bonds. The van der Waals surface area contributed by atoms with Crippen LogP contribution >= 0.6 is 0 Å². The van der Waals surface area contributed by atoms with E-state index in [1.165, 1.54) is 18.5 Å². The molecule has 1 aliphatic carbocycles. The molecule has 0 saturated heterocycles. The van der Waals surface area contributed by atoms with E-state index in [2.05, 4.69) is 54.4 Å². The van der Waals surface area contributed by atoms with Gasteiger partial charge in [0.2, 0.25) is 5.89 Å². The summed E-state index contributed by atoms with van der Waals surface area (Å²) in [5.74, 6) is 0.0926. The van der Waals surface area contributed by atoms with E-state index in [4.69, 9.17) is 8.84 Å². The van der Waals surface area contributed by atoms with E-state index < -0.39 is 25.9 Å². The molecular weight excluding hydrogens is 626 g/mol. The van der Waals surface area contributed by atoms with Gasteiger partial charge in [-0.15, -0.1) is 10.2 Å². The first kappa shape index (κ1) is 33.0. The first-order chi connectivity index (χ1) is 22.1. The second-order valence-corrected chi connectivity index (χ2v) is 18.6. The lowest BCUT2D eigenvalue weighted by atomic mass is 9.97. The summed E-state index contributed by atoms with van der Waals surface area (Å²) in [7, 11) is -0.243. The first-order valence-electron chi connectivity index (χ1n) is 15.8. The molecule has 0 aliphatic heterocycles. The summed E-state index contributed by atoms with van der Waals surface area (Å²) in [4.78, 5) is 4.52. The van der Waals surface area contributed by atoms with Gasteiger partial charge in [-0.05, 0) is 90.5 Å². The van der Waals surface area contributed by atoms with Crippen molar-refractivity contribution in [2.24, 2.45) is 7.05 Å². The molecule has 0 bridgehead atoms. The van der Waals surface area contributed by atoms with Gasteiger partial charge < -0.3 is 18.7 Å². The van der Waals surface area contributed by atoms with Crippen molar-refractivity contribution >= 4 is 19.4 Å². The minimum atomic E-state index is -4.65. The van der Waals surface area contributed by atoms with E-state index in [1.807, 2.05) is 6.07 Å². The fourth-order valence-corrected chi connectivity index (χ4v) is 7.32. The topological polar surface area (TPSA) is 78.0 Å². The van der Waals surface area contributed by atoms with Gasteiger partial charge >= 0.3 is 6.18 Å². The molecule has 1 aliphatic rings. The number of benzene rings is 3. The van der Waals surface area contributed by atoms with Crippen LogP contribution in [0, 0.1) is 5.82 Å². The highest BCUT2D eigenvalue weighted by Crippen LogP contribution is 2.41. The minimum absolute atomic E-state index is 0.0305. The summed E-state index contributed by atoms with van der Waals surface area (Å²) in [6.07, 6.45) is -0.245. The Hall–Kier alpha value is -3.87. The molecule has 47 heavy (non-hydrogen) atoms. The largest absolute Gasteiger partial charge is 0.435 e. The number of aryl methyl sites for hydroxylation is 1. The van der Waals surface area contributed by atoms with Crippen molar-refractivity contribution in [2.45, 2.75) is 83.0 Å². The molecule has 5 aromatic rings. The molecule has 6 rings (SSSR count). The predicted octanol–water partition coefficient (Wildman–Crippen LogP) is 9.15. The van der Waals surface area contributed by atoms with Gasteiger partial charge in [0.05, 0.1) is 6.10 Å². The second kappa shape index (κ2) is 12.3. The van der Waals surface area contributed by atoms with Gasteiger partial charge in [-0.1, -0.05) is 39.0 Å². The summed E-state index contributed by atoms with van der Waals surface area (Å²) in [5, 5.41) is 11.6. The fourth-order valence-electron chi connectivity index (χ4n) is 5.93. The Morgan fingerprint density at radius 3 is 2.47 bits per heavy atom. The zero-order chi connectivity index (χ0) is 33.7. The lowest BCUT2D eigenvalue weighted by molar-refractivity contribution is -0.136. The Labute approximate surface area is 272 Å². The number of halogens is 4. The second-order valence-electron chi connectivity index (χ2n) is 13.9. The summed E-state index contributed by atoms with van der Waals surface area (Å²) >= 11 is 0. The molecule has 3 aromatic carbocycles. The van der Waals surface area contributed by atoms with Crippen LogP contribution < -0.4 is 5.32 Å². The molecule has 0 spiro atoms. The van der Waals surface area contributed by atoms with Gasteiger partial charge in [-0.25, -0.2) is 9.37 Å². The smallest absolute Gasteiger partial charge is 0.420 e. The van der Waals surface area contributed by atoms with Gasteiger partial charge in [0.25, 0.3) is 0 Å². The molecule has 248 valence electrons. The fraction of sp³-hybridized carbons (Fsp3) is 0.400. The maximum atomic E-state index is 14.4. The molecule has 2 atom stereocenters. The Balaban J connectivity index is 1.31. The number of hydrogen-bond acceptors (Lipinski definition) is 6. The molecule has 0 radical (unpaired) electrons. The highest BCUT2D eigenvalue weighted by atomic mass is 28.4. The van der Waals surface area contributed by atoms with E-state index >= 15 is 0 Å². The van der Waals surface area contributed by atoms with Crippen molar-refractivity contribution in [1.29, 1.82) is 0 Å². The minimum Gasteiger partial charge on any atom is -0.435 e. The van der Waals surface area contributed by atoms with Crippen molar-refractivity contribution < 1.29 is 26.4 Å². The molecule has 1 unspecified atom stereocenters. The molecule has 1 fully saturated rings. The molecule has 12 heteroatoms. The highest BCUT2D eigenvalue weighted by molar-refractivity contribution is 6.74. The van der Waals surface area contributed by atoms with Gasteiger partial charge in [0, 0.05) is 30.8 Å². The van der Waals surface area contributed by atoms with Gasteiger partial charge in [0.15, 0.2) is 19.7 Å². The van der Waals surface area contributed by atoms with Gasteiger partial charge in [-0.3, -0.25) is 0 Å². The highest BCUT2D eigenvalue weighted by Gasteiger charge is 2.42. The average Bonchev–Trinajstić information content (AvgIpc) is 3.74. The maximum Gasteiger partial charge on any atom is 0.420 e. The number of nitrogens with zero attached hydrogens (tertiary/aromatic N) is 4. The van der Waals surface area contributed by atoms with Crippen LogP contribution in [0.15, 0.2) is 65.3 Å². The standard InChI is InChI=1S/C35H39F4N5O2Si/c1-34(2,3)47(5,6)46-30-12-8-11-28(30)40-19-21-15-27(35(37,38)39)31-29(16-21)42-33(45-31)23-10-7-9-22(17-23)25-14-13-24(36)18-26(25)32-43-41-20-44(32)4/h7,9-10,13-18,20,28,30,40H,8,11-12,19H2,1-6H3/t28-,30?/m1/s1. The molecular formula is C35H39F4N5O2Si. The van der Waals surface area contributed by atoms with Crippen LogP contribution in [0.3, 0.4) is 0 Å². The van der Waals surface area contributed by atoms with Crippen LogP contribution in [0.2, 0.25) is 18.1 Å². The van der Waals surface area contributed by atoms with E-state index in [1.54, 1.807) is 41.9 Å². The Morgan fingerprint density at radius 1 is 1.00 bits per heavy atom. The monoisotopic (exact) mass is 665 g/mol. The third kappa shape index (κ3) is 6.77. The summed E-state index contributed by atoms with van der Waals surface area (Å²) in [6, 6.07) is 14.3. The molecule has 1 N–H and O–H groups in total. The summed E-state index contributed by atoms with van der Waals surface area (Å²) in [5.41, 5.74) is 1.78. The van der Waals surface area contributed by atoms with Crippen molar-refractivity contribution in [2.75, 3.05) is 0 Å². The van der Waals surface area contributed by atoms with Crippen LogP contribution in [0.5, 0.6) is 0 Å². The summed E-state index contributed by atoms with van der Waals surface area (Å²) in [6.45, 7) is 11.3. The zero-order valence-electron chi connectivity index (χ0n) is 27.4. The van der Waals surface area contributed by atoms with Crippen molar-refractivity contribution in [3.63, 3.8) is 0 Å². The first-order valence-corrected chi connectivity index (χ1v) is 18.7. The lowest BCUT2D eigenvalue weighted by Gasteiger charge is -2.40. The third-order valence-corrected chi connectivity index (χ3v) is 14.0. The van der Waals surface area contributed by atoms with Crippen molar-refractivity contribution in [3.05, 3.63) is 77.9 Å². The Kier molecular flexibility index (Phi) is 8.64. The van der Waals surface area contributed by atoms with E-state index in [0.29, 0.717) is 33.6 Å². The number of oxazole rings is 1. The van der Waals surface area contributed by atoms with Crippen molar-refractivity contribution in [1.82, 2.24) is 25.1 Å². The SMILES string of the molecule is Cn1cnnc1-c1cc(F)ccc1-c1cccc(-c2nc3cc(CN[C@@H]4CCCC4O[Si](C)(C)C(C)(C)C)cc(C(F)(F)F)c3o2)c1. The number of rotatable bonds is 8. The number of hydrogen-bond donors (Lipinski definition) is 1. The molecule has 2 aromatic heterocycles. The Bertz CT molecular complexity index is 1910. The van der Waals surface area contributed by atoms with Crippen LogP contribution in [-0.4, -0.2) is 40.2 Å². The third-order valence-electron chi connectivity index (χ3n) is 9.48. The van der Waals surface area contributed by atoms with Crippen LogP contribution in [0.1, 0.15) is 51.2 Å². The quantitative estimate of drug-likeness (QED) is 0.132. The number of nitrogens with one attached hydrogen (secondary N) is 1. The van der Waals surface area contributed by atoms with Crippen LogP contribution in [0.4, 0.5) is 17.6 Å². The van der Waals surface area contributed by atoms with Gasteiger partial charge in [-0.2, -0.15) is 13.2 Å². The molecule has 7 nitrogen and oxygen atoms in total. The predicted molar refractivity (Wildman–Crippen MR) is 176 cm³/mol. The zero-order valence-corrected chi connectivity index (χ0v) is 28.4. The average molecular weight is 666 g/mol. The van der Waals surface area contributed by atoms with Gasteiger partial charge in [0.1, 0.15) is 23.2 Å². The van der Waals surface area contributed by atoms with Crippen molar-refractivity contribution in [3.8, 4) is 34.0 Å². The number of aromatic nitrogens is 4. The summed E-state index contributed by atoms with van der Waals surface area (Å²) < 4.78 is 71.6. The van der Waals surface area contributed by atoms with Crippen LogP contribution in [-0.2, 0) is 24.2 Å². The normalized spacial score (nSPS) is 17.6. The molecule has 2 heterocycles. The Morgan fingerprint density at radius 2 is 1.77 bits per heavy atom. The maximum absolute atomic E-state index is 14.4. The number of alkyl halides is 3. The van der Waals surface area contributed by atoms with E-state index in [-0.39, 0.29) is 40.7 Å². The number of fused-ring (bicyclic) bond motifs is 1. The lowest BCUT2D eigenvalue weighted by Crippen LogP contribution is -2.48. The van der Waals surface area contributed by atoms with E-state index in [9.17, 15) is 17.6 Å².